The molecule has 1 aromatic heterocycles. The average molecular weight is 263 g/mol. The van der Waals surface area contributed by atoms with Gasteiger partial charge in [-0.3, -0.25) is 9.59 Å². The molecule has 102 valence electrons. The van der Waals surface area contributed by atoms with Crippen molar-refractivity contribution in [2.45, 2.75) is 6.42 Å². The van der Waals surface area contributed by atoms with Gasteiger partial charge in [-0.1, -0.05) is 0 Å². The van der Waals surface area contributed by atoms with Crippen LogP contribution >= 0.6 is 0 Å². The van der Waals surface area contributed by atoms with Crippen LogP contribution in [0.15, 0.2) is 12.1 Å². The van der Waals surface area contributed by atoms with Crippen LogP contribution in [0.2, 0.25) is 0 Å². The molecule has 0 atom stereocenters. The van der Waals surface area contributed by atoms with Gasteiger partial charge in [0.05, 0.1) is 12.2 Å². The normalized spacial score (nSPS) is 16.4. The molecular formula is C12H17N5O2. The van der Waals surface area contributed by atoms with Crippen molar-refractivity contribution in [3.05, 3.63) is 17.8 Å². The molecule has 2 amide bonds. The van der Waals surface area contributed by atoms with Gasteiger partial charge in [0.1, 0.15) is 5.69 Å². The number of likely N-dealkylation sites (N-methyl/N-ethyl adjacent to an activating group) is 1. The molecule has 2 heterocycles. The maximum Gasteiger partial charge on any atom is 0.267 e. The Kier molecular flexibility index (Phi) is 3.55. The second-order valence-corrected chi connectivity index (χ2v) is 4.56. The summed E-state index contributed by atoms with van der Waals surface area (Å²) in [6, 6.07) is 3.06. The molecule has 1 aliphatic heterocycles. The highest BCUT2D eigenvalue weighted by molar-refractivity contribution is 5.92. The number of hydrogen-bond acceptors (Lipinski definition) is 5. The third-order valence-electron chi connectivity index (χ3n) is 3.13. The van der Waals surface area contributed by atoms with Gasteiger partial charge < -0.3 is 21.3 Å². The van der Waals surface area contributed by atoms with Crippen LogP contribution in [-0.2, 0) is 4.79 Å². The van der Waals surface area contributed by atoms with E-state index in [9.17, 15) is 9.59 Å². The van der Waals surface area contributed by atoms with Gasteiger partial charge in [-0.05, 0) is 18.6 Å². The summed E-state index contributed by atoms with van der Waals surface area (Å²) in [5, 5.41) is 0. The van der Waals surface area contributed by atoms with Crippen molar-refractivity contribution in [3.8, 4) is 0 Å². The quantitative estimate of drug-likeness (QED) is 0.743. The van der Waals surface area contributed by atoms with E-state index >= 15 is 0 Å². The first-order chi connectivity index (χ1) is 8.99. The highest BCUT2D eigenvalue weighted by Gasteiger charge is 2.22. The van der Waals surface area contributed by atoms with E-state index in [0.717, 1.165) is 6.42 Å². The minimum absolute atomic E-state index is 0.00294. The first-order valence-electron chi connectivity index (χ1n) is 6.04. The number of nitrogens with two attached hydrogens (primary N) is 2. The lowest BCUT2D eigenvalue weighted by Gasteiger charge is -2.22. The lowest BCUT2D eigenvalue weighted by Crippen LogP contribution is -2.35. The van der Waals surface area contributed by atoms with E-state index in [-0.39, 0.29) is 18.1 Å². The molecule has 1 fully saturated rings. The molecule has 19 heavy (non-hydrogen) atoms. The predicted molar refractivity (Wildman–Crippen MR) is 71.6 cm³/mol. The van der Waals surface area contributed by atoms with Crippen LogP contribution in [0, 0.1) is 0 Å². The summed E-state index contributed by atoms with van der Waals surface area (Å²) < 4.78 is 0. The molecule has 2 rings (SSSR count). The zero-order valence-electron chi connectivity index (χ0n) is 10.8. The van der Waals surface area contributed by atoms with Crippen LogP contribution in [0.25, 0.3) is 0 Å². The van der Waals surface area contributed by atoms with Crippen LogP contribution in [0.3, 0.4) is 0 Å². The van der Waals surface area contributed by atoms with E-state index in [1.165, 1.54) is 6.07 Å². The van der Waals surface area contributed by atoms with Crippen molar-refractivity contribution in [3.63, 3.8) is 0 Å². The maximum absolute atomic E-state index is 11.9. The lowest BCUT2D eigenvalue weighted by atomic mass is 10.3. The Morgan fingerprint density at radius 3 is 2.79 bits per heavy atom. The molecule has 0 unspecified atom stereocenters. The van der Waals surface area contributed by atoms with E-state index in [1.54, 1.807) is 22.9 Å². The molecule has 0 bridgehead atoms. The fraction of sp³-hybridized carbons (Fsp3) is 0.417. The average Bonchev–Trinajstić information content (AvgIpc) is 2.52. The van der Waals surface area contributed by atoms with Gasteiger partial charge in [-0.2, -0.15) is 0 Å². The van der Waals surface area contributed by atoms with Crippen LogP contribution in [0.5, 0.6) is 0 Å². The fourth-order valence-electron chi connectivity index (χ4n) is 2.02. The molecular weight excluding hydrogens is 246 g/mol. The van der Waals surface area contributed by atoms with Crippen LogP contribution < -0.4 is 16.4 Å². The molecule has 0 aliphatic carbocycles. The molecule has 1 aromatic rings. The number of carbonyl (C=O) groups excluding carboxylic acids is 2. The van der Waals surface area contributed by atoms with Crippen molar-refractivity contribution >= 4 is 23.3 Å². The Morgan fingerprint density at radius 1 is 1.37 bits per heavy atom. The molecule has 0 aromatic carbocycles. The zero-order chi connectivity index (χ0) is 14.0. The molecule has 7 heteroatoms. The van der Waals surface area contributed by atoms with Crippen molar-refractivity contribution in [2.75, 3.05) is 37.3 Å². The Balaban J connectivity index is 2.32. The first kappa shape index (κ1) is 13.1. The van der Waals surface area contributed by atoms with Gasteiger partial charge in [0.25, 0.3) is 5.91 Å². The van der Waals surface area contributed by atoms with E-state index in [1.807, 2.05) is 0 Å². The van der Waals surface area contributed by atoms with Gasteiger partial charge in [0.2, 0.25) is 5.91 Å². The summed E-state index contributed by atoms with van der Waals surface area (Å²) in [7, 11) is 1.77. The van der Waals surface area contributed by atoms with Gasteiger partial charge in [0, 0.05) is 20.1 Å². The predicted octanol–water partition coefficient (Wildman–Crippen LogP) is -0.569. The summed E-state index contributed by atoms with van der Waals surface area (Å²) in [6.07, 6.45) is 0.824. The Labute approximate surface area is 111 Å². The number of pyridine rings is 1. The zero-order valence-corrected chi connectivity index (χ0v) is 10.8. The van der Waals surface area contributed by atoms with E-state index in [0.29, 0.717) is 24.6 Å². The summed E-state index contributed by atoms with van der Waals surface area (Å²) in [4.78, 5) is 30.6. The number of nitrogens with zero attached hydrogens (tertiary/aromatic N) is 3. The number of carbonyl (C=O) groups is 2. The van der Waals surface area contributed by atoms with Crippen molar-refractivity contribution in [1.29, 1.82) is 0 Å². The Bertz CT molecular complexity index is 517. The van der Waals surface area contributed by atoms with E-state index < -0.39 is 5.91 Å². The van der Waals surface area contributed by atoms with Crippen LogP contribution in [0.1, 0.15) is 16.9 Å². The number of rotatable bonds is 2. The molecule has 0 saturated carbocycles. The third-order valence-corrected chi connectivity index (χ3v) is 3.13. The third kappa shape index (κ3) is 2.75. The fourth-order valence-corrected chi connectivity index (χ4v) is 2.02. The molecule has 1 aliphatic rings. The summed E-state index contributed by atoms with van der Waals surface area (Å²) in [5.41, 5.74) is 11.7. The molecule has 4 N–H and O–H groups in total. The minimum atomic E-state index is -0.612. The number of aromatic nitrogens is 1. The number of hydrogen-bond donors (Lipinski definition) is 2. The Morgan fingerprint density at radius 2 is 2.11 bits per heavy atom. The maximum atomic E-state index is 11.9. The van der Waals surface area contributed by atoms with Crippen molar-refractivity contribution in [1.82, 2.24) is 9.88 Å². The van der Waals surface area contributed by atoms with Crippen molar-refractivity contribution < 1.29 is 9.59 Å². The number of nitrogen functional groups attached to an aromatic ring is 1. The monoisotopic (exact) mass is 263 g/mol. The van der Waals surface area contributed by atoms with Gasteiger partial charge >= 0.3 is 0 Å². The molecule has 7 nitrogen and oxygen atoms in total. The molecule has 0 spiro atoms. The van der Waals surface area contributed by atoms with Crippen molar-refractivity contribution in [2.24, 2.45) is 5.73 Å². The second-order valence-electron chi connectivity index (χ2n) is 4.56. The van der Waals surface area contributed by atoms with Crippen LogP contribution in [-0.4, -0.2) is 48.4 Å². The van der Waals surface area contributed by atoms with Crippen LogP contribution in [0.4, 0.5) is 11.5 Å². The minimum Gasteiger partial charge on any atom is -0.396 e. The highest BCUT2D eigenvalue weighted by atomic mass is 16.2. The van der Waals surface area contributed by atoms with Gasteiger partial charge in [-0.15, -0.1) is 0 Å². The highest BCUT2D eigenvalue weighted by Crippen LogP contribution is 2.22. The SMILES string of the molecule is CN1CCCN(c2nc(C(N)=O)ccc2N)CC1=O. The van der Waals surface area contributed by atoms with Gasteiger partial charge in [0.15, 0.2) is 5.82 Å². The summed E-state index contributed by atoms with van der Waals surface area (Å²) in [5.74, 6) is -0.164. The lowest BCUT2D eigenvalue weighted by molar-refractivity contribution is -0.127. The summed E-state index contributed by atoms with van der Waals surface area (Å²) >= 11 is 0. The standard InChI is InChI=1S/C12H17N5O2/c1-16-5-2-6-17(7-10(16)18)12-8(13)3-4-9(15-12)11(14)19/h3-4H,2,5-7,13H2,1H3,(H2,14,19). The number of amides is 2. The molecule has 0 radical (unpaired) electrons. The topological polar surface area (TPSA) is 106 Å². The van der Waals surface area contributed by atoms with Gasteiger partial charge in [-0.25, -0.2) is 4.98 Å². The van der Waals surface area contributed by atoms with E-state index in [2.05, 4.69) is 4.98 Å². The largest absolute Gasteiger partial charge is 0.396 e. The smallest absolute Gasteiger partial charge is 0.267 e. The van der Waals surface area contributed by atoms with E-state index in [4.69, 9.17) is 11.5 Å². The summed E-state index contributed by atoms with van der Waals surface area (Å²) in [6.45, 7) is 1.57. The number of anilines is 2. The second kappa shape index (κ2) is 5.13. The molecule has 1 saturated heterocycles. The Hall–Kier alpha value is -2.31. The first-order valence-corrected chi connectivity index (χ1v) is 6.04. The number of primary amides is 1.